The van der Waals surface area contributed by atoms with Crippen LogP contribution in [0.15, 0.2) is 0 Å². The van der Waals surface area contributed by atoms with Gasteiger partial charge in [0, 0.05) is 20.1 Å². The Balaban J connectivity index is 1.64. The number of hydrogen-bond donors (Lipinski definition) is 0. The molecule has 4 heteroatoms. The zero-order chi connectivity index (χ0) is 12.1. The van der Waals surface area contributed by atoms with E-state index in [0.29, 0.717) is 25.6 Å². The van der Waals surface area contributed by atoms with Crippen molar-refractivity contribution in [1.82, 2.24) is 0 Å². The van der Waals surface area contributed by atoms with E-state index in [1.165, 1.54) is 25.7 Å². The molecule has 0 saturated heterocycles. The Morgan fingerprint density at radius 3 is 2.59 bits per heavy atom. The molecule has 0 aliphatic heterocycles. The maximum absolute atomic E-state index is 11.4. The monoisotopic (exact) mass is 242 g/mol. The van der Waals surface area contributed by atoms with Crippen LogP contribution >= 0.6 is 0 Å². The molecule has 0 aromatic rings. The van der Waals surface area contributed by atoms with Crippen molar-refractivity contribution in [2.45, 2.75) is 44.3 Å². The van der Waals surface area contributed by atoms with E-state index in [9.17, 15) is 4.79 Å². The standard InChI is InChI=1S/C13H22O4/c1-15-6-7-16-13-11(14)8-12(13)17-9-10-4-2-3-5-10/h10,12-13H,2-9H2,1H3. The maximum atomic E-state index is 11.4. The van der Waals surface area contributed by atoms with E-state index in [4.69, 9.17) is 14.2 Å². The van der Waals surface area contributed by atoms with Gasteiger partial charge in [-0.2, -0.15) is 0 Å². The molecule has 0 N–H and O–H groups in total. The van der Waals surface area contributed by atoms with Gasteiger partial charge in [-0.3, -0.25) is 4.79 Å². The maximum Gasteiger partial charge on any atom is 0.166 e. The number of hydrogen-bond acceptors (Lipinski definition) is 4. The van der Waals surface area contributed by atoms with Crippen molar-refractivity contribution in [2.24, 2.45) is 5.92 Å². The van der Waals surface area contributed by atoms with Crippen LogP contribution in [-0.4, -0.2) is 44.9 Å². The second kappa shape index (κ2) is 6.47. The molecule has 0 aromatic carbocycles. The number of ketones is 1. The lowest BCUT2D eigenvalue weighted by atomic mass is 9.90. The molecule has 2 saturated carbocycles. The quantitative estimate of drug-likeness (QED) is 0.636. The summed E-state index contributed by atoms with van der Waals surface area (Å²) in [4.78, 5) is 11.4. The van der Waals surface area contributed by atoms with Crippen LogP contribution in [0.2, 0.25) is 0 Å². The Bertz CT molecular complexity index is 248. The third kappa shape index (κ3) is 3.50. The van der Waals surface area contributed by atoms with Gasteiger partial charge in [0.25, 0.3) is 0 Å². The molecule has 2 rings (SSSR count). The minimum Gasteiger partial charge on any atom is -0.382 e. The number of carbonyl (C=O) groups is 1. The van der Waals surface area contributed by atoms with Crippen LogP contribution in [0.3, 0.4) is 0 Å². The molecule has 0 heterocycles. The van der Waals surface area contributed by atoms with E-state index < -0.39 is 0 Å². The molecule has 2 atom stereocenters. The fraction of sp³-hybridized carbons (Fsp3) is 0.923. The smallest absolute Gasteiger partial charge is 0.166 e. The van der Waals surface area contributed by atoms with Crippen LogP contribution in [0.25, 0.3) is 0 Å². The molecule has 2 aliphatic rings. The number of methoxy groups -OCH3 is 1. The minimum atomic E-state index is -0.341. The van der Waals surface area contributed by atoms with Crippen molar-refractivity contribution >= 4 is 5.78 Å². The molecule has 98 valence electrons. The third-order valence-corrected chi connectivity index (χ3v) is 3.66. The predicted octanol–water partition coefficient (Wildman–Crippen LogP) is 1.57. The van der Waals surface area contributed by atoms with Crippen LogP contribution in [0, 0.1) is 5.92 Å². The van der Waals surface area contributed by atoms with Gasteiger partial charge in [-0.1, -0.05) is 12.8 Å². The molecule has 17 heavy (non-hydrogen) atoms. The molecular formula is C13H22O4. The lowest BCUT2D eigenvalue weighted by Gasteiger charge is -2.35. The number of carbonyl (C=O) groups excluding carboxylic acids is 1. The lowest BCUT2D eigenvalue weighted by Crippen LogP contribution is -2.51. The molecule has 2 unspecified atom stereocenters. The highest BCUT2D eigenvalue weighted by atomic mass is 16.6. The lowest BCUT2D eigenvalue weighted by molar-refractivity contribution is -0.169. The van der Waals surface area contributed by atoms with Crippen molar-refractivity contribution in [2.75, 3.05) is 26.9 Å². The van der Waals surface area contributed by atoms with Crippen LogP contribution in [0.4, 0.5) is 0 Å². The molecular weight excluding hydrogens is 220 g/mol. The number of Topliss-reactive ketones (excluding diaryl/α,β-unsaturated/α-hetero) is 1. The van der Waals surface area contributed by atoms with Gasteiger partial charge in [0.2, 0.25) is 0 Å². The largest absolute Gasteiger partial charge is 0.382 e. The highest BCUT2D eigenvalue weighted by molar-refractivity contribution is 5.90. The second-order valence-electron chi connectivity index (χ2n) is 4.98. The van der Waals surface area contributed by atoms with Gasteiger partial charge in [-0.05, 0) is 18.8 Å². The van der Waals surface area contributed by atoms with Gasteiger partial charge >= 0.3 is 0 Å². The van der Waals surface area contributed by atoms with Crippen molar-refractivity contribution < 1.29 is 19.0 Å². The van der Waals surface area contributed by atoms with E-state index in [1.807, 2.05) is 0 Å². The molecule has 0 amide bonds. The van der Waals surface area contributed by atoms with Crippen molar-refractivity contribution in [3.8, 4) is 0 Å². The van der Waals surface area contributed by atoms with Crippen LogP contribution in [0.5, 0.6) is 0 Å². The summed E-state index contributed by atoms with van der Waals surface area (Å²) >= 11 is 0. The first kappa shape index (κ1) is 13.0. The average Bonchev–Trinajstić information content (AvgIpc) is 2.83. The van der Waals surface area contributed by atoms with Gasteiger partial charge < -0.3 is 14.2 Å². The van der Waals surface area contributed by atoms with Gasteiger partial charge in [-0.15, -0.1) is 0 Å². The molecule has 0 bridgehead atoms. The molecule has 2 aliphatic carbocycles. The number of ether oxygens (including phenoxy) is 3. The fourth-order valence-corrected chi connectivity index (χ4v) is 2.51. The molecule has 0 aromatic heterocycles. The second-order valence-corrected chi connectivity index (χ2v) is 4.98. The first-order valence-electron chi connectivity index (χ1n) is 6.56. The van der Waals surface area contributed by atoms with E-state index in [1.54, 1.807) is 7.11 Å². The minimum absolute atomic E-state index is 0.0139. The summed E-state index contributed by atoms with van der Waals surface area (Å²) in [5.41, 5.74) is 0. The Labute approximate surface area is 103 Å². The Hall–Kier alpha value is -0.450. The summed E-state index contributed by atoms with van der Waals surface area (Å²) in [5, 5.41) is 0. The SMILES string of the molecule is COCCOC1C(=O)CC1OCC1CCCC1. The summed E-state index contributed by atoms with van der Waals surface area (Å²) in [7, 11) is 1.63. The zero-order valence-electron chi connectivity index (χ0n) is 10.5. The summed E-state index contributed by atoms with van der Waals surface area (Å²) in [6, 6.07) is 0. The van der Waals surface area contributed by atoms with Crippen LogP contribution < -0.4 is 0 Å². The summed E-state index contributed by atoms with van der Waals surface area (Å²) in [6.45, 7) is 1.79. The predicted molar refractivity (Wildman–Crippen MR) is 62.9 cm³/mol. The normalized spacial score (nSPS) is 29.6. The van der Waals surface area contributed by atoms with Gasteiger partial charge in [-0.25, -0.2) is 0 Å². The third-order valence-electron chi connectivity index (χ3n) is 3.66. The van der Waals surface area contributed by atoms with E-state index >= 15 is 0 Å². The molecule has 0 spiro atoms. The van der Waals surface area contributed by atoms with Gasteiger partial charge in [0.15, 0.2) is 5.78 Å². The molecule has 2 fully saturated rings. The Kier molecular flexibility index (Phi) is 4.95. The van der Waals surface area contributed by atoms with Crippen molar-refractivity contribution in [3.05, 3.63) is 0 Å². The van der Waals surface area contributed by atoms with Crippen molar-refractivity contribution in [1.29, 1.82) is 0 Å². The van der Waals surface area contributed by atoms with Gasteiger partial charge in [0.1, 0.15) is 6.10 Å². The first-order chi connectivity index (χ1) is 8.31. The summed E-state index contributed by atoms with van der Waals surface area (Å²) in [5.74, 6) is 0.864. The Morgan fingerprint density at radius 1 is 1.18 bits per heavy atom. The van der Waals surface area contributed by atoms with E-state index in [2.05, 4.69) is 0 Å². The number of rotatable bonds is 7. The fourth-order valence-electron chi connectivity index (χ4n) is 2.51. The van der Waals surface area contributed by atoms with E-state index in [-0.39, 0.29) is 18.0 Å². The molecule has 0 radical (unpaired) electrons. The van der Waals surface area contributed by atoms with Crippen LogP contribution in [-0.2, 0) is 19.0 Å². The highest BCUT2D eigenvalue weighted by Crippen LogP contribution is 2.28. The van der Waals surface area contributed by atoms with Gasteiger partial charge in [0.05, 0.1) is 19.3 Å². The topological polar surface area (TPSA) is 44.8 Å². The summed E-state index contributed by atoms with van der Waals surface area (Å²) in [6.07, 6.45) is 5.36. The van der Waals surface area contributed by atoms with Crippen LogP contribution in [0.1, 0.15) is 32.1 Å². The van der Waals surface area contributed by atoms with E-state index in [0.717, 1.165) is 6.61 Å². The zero-order valence-corrected chi connectivity index (χ0v) is 10.5. The first-order valence-corrected chi connectivity index (χ1v) is 6.56. The molecule has 4 nitrogen and oxygen atoms in total. The Morgan fingerprint density at radius 2 is 1.94 bits per heavy atom. The van der Waals surface area contributed by atoms with Crippen molar-refractivity contribution in [3.63, 3.8) is 0 Å². The average molecular weight is 242 g/mol. The highest BCUT2D eigenvalue weighted by Gasteiger charge is 2.41. The summed E-state index contributed by atoms with van der Waals surface area (Å²) < 4.78 is 16.1.